The molecule has 9 heteroatoms. The van der Waals surface area contributed by atoms with Gasteiger partial charge in [0, 0.05) is 51.8 Å². The molecule has 1 N–H and O–H groups in total. The Hall–Kier alpha value is -3.88. The van der Waals surface area contributed by atoms with Crippen molar-refractivity contribution in [1.82, 2.24) is 0 Å². The molecule has 2 rings (SSSR count). The van der Waals surface area contributed by atoms with E-state index in [2.05, 4.69) is 5.32 Å². The van der Waals surface area contributed by atoms with Crippen LogP contribution in [0.25, 0.3) is 0 Å². The van der Waals surface area contributed by atoms with Gasteiger partial charge in [-0.1, -0.05) is 0 Å². The van der Waals surface area contributed by atoms with Gasteiger partial charge in [-0.25, -0.2) is 0 Å². The van der Waals surface area contributed by atoms with Crippen LogP contribution in [0, 0.1) is 0 Å². The van der Waals surface area contributed by atoms with Crippen molar-refractivity contribution in [3.63, 3.8) is 0 Å². The maximum Gasteiger partial charge on any atom is 0.308 e. The molecule has 0 spiro atoms. The molecule has 158 valence electrons. The molecule has 0 saturated heterocycles. The number of nitrogens with one attached hydrogen (secondary N) is 1. The molecule has 0 heterocycles. The first-order valence-corrected chi connectivity index (χ1v) is 8.89. The Kier molecular flexibility index (Phi) is 7.13. The molecular formula is C21H22N2O7. The van der Waals surface area contributed by atoms with E-state index in [0.29, 0.717) is 5.69 Å². The molecule has 30 heavy (non-hydrogen) atoms. The molecule has 2 aromatic rings. The van der Waals surface area contributed by atoms with E-state index in [1.807, 2.05) is 31.1 Å². The Labute approximate surface area is 173 Å². The summed E-state index contributed by atoms with van der Waals surface area (Å²) in [6, 6.07) is 9.54. The molecule has 0 aliphatic rings. The van der Waals surface area contributed by atoms with Gasteiger partial charge in [0.2, 0.25) is 5.75 Å². The summed E-state index contributed by atoms with van der Waals surface area (Å²) >= 11 is 0. The lowest BCUT2D eigenvalue weighted by Crippen LogP contribution is -2.15. The molecule has 0 unspecified atom stereocenters. The number of esters is 3. The van der Waals surface area contributed by atoms with Crippen LogP contribution in [0.1, 0.15) is 31.1 Å². The summed E-state index contributed by atoms with van der Waals surface area (Å²) in [5.74, 6) is -3.45. The predicted octanol–water partition coefficient (Wildman–Crippen LogP) is 2.78. The van der Waals surface area contributed by atoms with Gasteiger partial charge in [-0.3, -0.25) is 19.2 Å². The average molecular weight is 414 g/mol. The second kappa shape index (κ2) is 9.55. The fourth-order valence-electron chi connectivity index (χ4n) is 2.46. The molecule has 2 aromatic carbocycles. The minimum atomic E-state index is -0.727. The number of benzene rings is 2. The number of rotatable bonds is 6. The molecule has 0 fully saturated rings. The molecular weight excluding hydrogens is 392 g/mol. The fourth-order valence-corrected chi connectivity index (χ4v) is 2.46. The SMILES string of the molecule is CC(=O)Oc1cc(C(=O)Nc2ccc(N(C)C)cc2)cc(OC(C)=O)c1OC(C)=O. The van der Waals surface area contributed by atoms with Gasteiger partial charge in [0.25, 0.3) is 5.91 Å². The van der Waals surface area contributed by atoms with Crippen molar-refractivity contribution in [3.05, 3.63) is 42.0 Å². The molecule has 0 aliphatic heterocycles. The van der Waals surface area contributed by atoms with E-state index in [0.717, 1.165) is 26.5 Å². The topological polar surface area (TPSA) is 111 Å². The van der Waals surface area contributed by atoms with E-state index in [1.54, 1.807) is 12.1 Å². The highest BCUT2D eigenvalue weighted by Gasteiger charge is 2.22. The summed E-state index contributed by atoms with van der Waals surface area (Å²) in [6.07, 6.45) is 0. The molecule has 0 aliphatic carbocycles. The number of carbonyl (C=O) groups is 4. The third-order valence-electron chi connectivity index (χ3n) is 3.68. The highest BCUT2D eigenvalue weighted by molar-refractivity contribution is 6.05. The first-order valence-electron chi connectivity index (χ1n) is 8.89. The zero-order valence-electron chi connectivity index (χ0n) is 17.3. The molecule has 0 aromatic heterocycles. The molecule has 0 bridgehead atoms. The minimum absolute atomic E-state index is 0.0232. The number of hydrogen-bond acceptors (Lipinski definition) is 8. The fraction of sp³-hybridized carbons (Fsp3) is 0.238. The molecule has 1 amide bonds. The van der Waals surface area contributed by atoms with Gasteiger partial charge < -0.3 is 24.4 Å². The van der Waals surface area contributed by atoms with E-state index in [9.17, 15) is 19.2 Å². The van der Waals surface area contributed by atoms with Crippen LogP contribution in [-0.4, -0.2) is 37.9 Å². The summed E-state index contributed by atoms with van der Waals surface area (Å²) in [5.41, 5.74) is 1.50. The van der Waals surface area contributed by atoms with Gasteiger partial charge in [-0.05, 0) is 36.4 Å². The van der Waals surface area contributed by atoms with Crippen molar-refractivity contribution in [2.75, 3.05) is 24.3 Å². The number of carbonyl (C=O) groups excluding carboxylic acids is 4. The maximum absolute atomic E-state index is 12.7. The average Bonchev–Trinajstić information content (AvgIpc) is 2.63. The summed E-state index contributed by atoms with van der Waals surface area (Å²) in [6.45, 7) is 3.41. The van der Waals surface area contributed by atoms with Gasteiger partial charge >= 0.3 is 17.9 Å². The Balaban J connectivity index is 2.44. The van der Waals surface area contributed by atoms with E-state index in [1.165, 1.54) is 12.1 Å². The van der Waals surface area contributed by atoms with E-state index >= 15 is 0 Å². The van der Waals surface area contributed by atoms with Gasteiger partial charge in [-0.15, -0.1) is 0 Å². The van der Waals surface area contributed by atoms with Crippen LogP contribution in [0.4, 0.5) is 11.4 Å². The van der Waals surface area contributed by atoms with Crippen LogP contribution in [0.5, 0.6) is 17.2 Å². The summed E-state index contributed by atoms with van der Waals surface area (Å²) in [4.78, 5) is 49.0. The Bertz CT molecular complexity index is 944. The second-order valence-corrected chi connectivity index (χ2v) is 6.48. The van der Waals surface area contributed by atoms with Gasteiger partial charge in [0.05, 0.1) is 0 Å². The third-order valence-corrected chi connectivity index (χ3v) is 3.68. The van der Waals surface area contributed by atoms with E-state index in [4.69, 9.17) is 14.2 Å². The summed E-state index contributed by atoms with van der Waals surface area (Å²) < 4.78 is 15.2. The lowest BCUT2D eigenvalue weighted by Gasteiger charge is -2.15. The smallest absolute Gasteiger partial charge is 0.308 e. The zero-order valence-corrected chi connectivity index (χ0v) is 17.3. The Morgan fingerprint density at radius 2 is 1.23 bits per heavy atom. The number of anilines is 2. The number of nitrogens with zero attached hydrogens (tertiary/aromatic N) is 1. The lowest BCUT2D eigenvalue weighted by molar-refractivity contribution is -0.135. The molecule has 9 nitrogen and oxygen atoms in total. The highest BCUT2D eigenvalue weighted by atomic mass is 16.6. The van der Waals surface area contributed by atoms with Gasteiger partial charge in [0.15, 0.2) is 11.5 Å². The number of hydrogen-bond donors (Lipinski definition) is 1. The third kappa shape index (κ3) is 6.06. The van der Waals surface area contributed by atoms with Gasteiger partial charge in [0.1, 0.15) is 0 Å². The van der Waals surface area contributed by atoms with Crippen LogP contribution in [0.3, 0.4) is 0 Å². The van der Waals surface area contributed by atoms with Gasteiger partial charge in [-0.2, -0.15) is 0 Å². The van der Waals surface area contributed by atoms with Crippen molar-refractivity contribution in [2.45, 2.75) is 20.8 Å². The summed E-state index contributed by atoms with van der Waals surface area (Å²) in [7, 11) is 3.79. The monoisotopic (exact) mass is 414 g/mol. The normalized spacial score (nSPS) is 10.0. The van der Waals surface area contributed by atoms with Crippen LogP contribution < -0.4 is 24.4 Å². The molecule has 0 saturated carbocycles. The van der Waals surface area contributed by atoms with E-state index in [-0.39, 0.29) is 22.8 Å². The van der Waals surface area contributed by atoms with Crippen molar-refractivity contribution < 1.29 is 33.4 Å². The predicted molar refractivity (Wildman–Crippen MR) is 109 cm³/mol. The van der Waals surface area contributed by atoms with Crippen LogP contribution >= 0.6 is 0 Å². The molecule has 0 atom stereocenters. The van der Waals surface area contributed by atoms with Crippen LogP contribution in [0.2, 0.25) is 0 Å². The largest absolute Gasteiger partial charge is 0.423 e. The number of amides is 1. The Morgan fingerprint density at radius 3 is 1.63 bits per heavy atom. The standard InChI is InChI=1S/C21H22N2O7/c1-12(24)28-18-10-15(11-19(29-13(2)25)20(18)30-14(3)26)21(27)22-16-6-8-17(9-7-16)23(4)5/h6-11H,1-5H3,(H,22,27). The lowest BCUT2D eigenvalue weighted by atomic mass is 10.1. The quantitative estimate of drug-likeness (QED) is 0.567. The van der Waals surface area contributed by atoms with Crippen molar-refractivity contribution in [2.24, 2.45) is 0 Å². The van der Waals surface area contributed by atoms with Crippen molar-refractivity contribution in [3.8, 4) is 17.2 Å². The van der Waals surface area contributed by atoms with Crippen molar-refractivity contribution >= 4 is 35.2 Å². The highest BCUT2D eigenvalue weighted by Crippen LogP contribution is 2.39. The first kappa shape index (κ1) is 22.4. The summed E-state index contributed by atoms with van der Waals surface area (Å²) in [5, 5.41) is 2.70. The van der Waals surface area contributed by atoms with Crippen LogP contribution in [-0.2, 0) is 14.4 Å². The number of ether oxygens (including phenoxy) is 3. The zero-order chi connectivity index (χ0) is 22.4. The second-order valence-electron chi connectivity index (χ2n) is 6.48. The Morgan fingerprint density at radius 1 is 0.767 bits per heavy atom. The molecule has 0 radical (unpaired) electrons. The first-order chi connectivity index (χ1) is 14.1. The maximum atomic E-state index is 12.7. The minimum Gasteiger partial charge on any atom is -0.423 e. The van der Waals surface area contributed by atoms with Crippen LogP contribution in [0.15, 0.2) is 36.4 Å². The van der Waals surface area contributed by atoms with Crippen molar-refractivity contribution in [1.29, 1.82) is 0 Å². The van der Waals surface area contributed by atoms with E-state index < -0.39 is 23.8 Å².